The van der Waals surface area contributed by atoms with Crippen LogP contribution < -0.4 is 9.73 Å². The van der Waals surface area contributed by atoms with Crippen molar-refractivity contribution >= 4 is 49.4 Å². The summed E-state index contributed by atoms with van der Waals surface area (Å²) < 4.78 is 26.0. The molecule has 0 aliphatic heterocycles. The molecule has 162 valence electrons. The molecule has 0 aliphatic carbocycles. The smallest absolute Gasteiger partial charge is 0.260 e. The molecule has 0 saturated heterocycles. The maximum Gasteiger partial charge on any atom is 0.260 e. The van der Waals surface area contributed by atoms with Crippen molar-refractivity contribution in [3.63, 3.8) is 0 Å². The van der Waals surface area contributed by atoms with Gasteiger partial charge in [0.05, 0.1) is 18.2 Å². The number of carbonyl (C=O) groups excluding carboxylic acids is 1. The maximum atomic E-state index is 12.6. The Hall–Kier alpha value is -3.91. The fraction of sp³-hybridized carbons (Fsp3) is 0.0833. The molecule has 0 heterocycles. The number of hydrogen-bond donors (Lipinski definition) is 2. The van der Waals surface area contributed by atoms with Crippen molar-refractivity contribution in [3.8, 4) is 5.75 Å². The first-order valence-corrected chi connectivity index (χ1v) is 11.7. The number of aromatic hydroxyl groups is 1. The number of anilines is 1. The van der Waals surface area contributed by atoms with Gasteiger partial charge in [-0.05, 0) is 28.3 Å². The molecule has 4 rings (SSSR count). The number of rotatable bonds is 6. The first-order chi connectivity index (χ1) is 15.3. The minimum atomic E-state index is -3.74. The quantitative estimate of drug-likeness (QED) is 0.348. The van der Waals surface area contributed by atoms with E-state index in [0.29, 0.717) is 11.3 Å². The second-order valence-corrected chi connectivity index (χ2v) is 9.19. The minimum Gasteiger partial charge on any atom is -0.507 e. The molecule has 0 radical (unpaired) electrons. The summed E-state index contributed by atoms with van der Waals surface area (Å²) in [5, 5.41) is 17.4. The average molecular weight is 448 g/mol. The van der Waals surface area contributed by atoms with Gasteiger partial charge in [0, 0.05) is 10.9 Å². The zero-order valence-electron chi connectivity index (χ0n) is 17.3. The molecule has 4 aromatic rings. The standard InChI is InChI=1S/C24H21N3O4S/c1-32(30,31)27(22-12-6-9-17-7-3-5-11-20(17)22)16-24(29)26-25-15-21-19-10-4-2-8-18(19)13-14-23(21)28/h2-15,28H,16H2,1H3,(H,26,29)/b25-15-. The molecule has 2 N–H and O–H groups in total. The predicted molar refractivity (Wildman–Crippen MR) is 127 cm³/mol. The lowest BCUT2D eigenvalue weighted by Crippen LogP contribution is -2.39. The third-order valence-corrected chi connectivity index (χ3v) is 6.18. The first kappa shape index (κ1) is 21.3. The molecule has 0 fully saturated rings. The fourth-order valence-electron chi connectivity index (χ4n) is 3.56. The van der Waals surface area contributed by atoms with Gasteiger partial charge in [0.2, 0.25) is 10.0 Å². The Balaban J connectivity index is 1.58. The molecular weight excluding hydrogens is 426 g/mol. The summed E-state index contributed by atoms with van der Waals surface area (Å²) in [5.41, 5.74) is 3.23. The maximum absolute atomic E-state index is 12.6. The van der Waals surface area contributed by atoms with Crippen molar-refractivity contribution in [1.82, 2.24) is 5.43 Å². The van der Waals surface area contributed by atoms with E-state index in [-0.39, 0.29) is 5.75 Å². The van der Waals surface area contributed by atoms with Crippen LogP contribution in [0.4, 0.5) is 5.69 Å². The highest BCUT2D eigenvalue weighted by atomic mass is 32.2. The highest BCUT2D eigenvalue weighted by Crippen LogP contribution is 2.28. The Labute approximate surface area is 185 Å². The van der Waals surface area contributed by atoms with Gasteiger partial charge in [0.15, 0.2) is 0 Å². The van der Waals surface area contributed by atoms with Crippen molar-refractivity contribution in [1.29, 1.82) is 0 Å². The summed E-state index contributed by atoms with van der Waals surface area (Å²) in [7, 11) is -3.74. The van der Waals surface area contributed by atoms with Crippen LogP contribution in [0.2, 0.25) is 0 Å². The molecule has 0 aromatic heterocycles. The van der Waals surface area contributed by atoms with Crippen LogP contribution in [-0.2, 0) is 14.8 Å². The molecule has 1 amide bonds. The number of nitrogens with zero attached hydrogens (tertiary/aromatic N) is 2. The van der Waals surface area contributed by atoms with E-state index >= 15 is 0 Å². The average Bonchev–Trinajstić information content (AvgIpc) is 2.78. The van der Waals surface area contributed by atoms with Crippen molar-refractivity contribution in [3.05, 3.63) is 84.4 Å². The summed E-state index contributed by atoms with van der Waals surface area (Å²) in [6.45, 7) is -0.439. The van der Waals surface area contributed by atoms with Gasteiger partial charge < -0.3 is 5.11 Å². The molecule has 8 heteroatoms. The van der Waals surface area contributed by atoms with E-state index in [1.807, 2.05) is 54.6 Å². The van der Waals surface area contributed by atoms with Gasteiger partial charge in [0.1, 0.15) is 12.3 Å². The van der Waals surface area contributed by atoms with E-state index in [1.165, 1.54) is 6.21 Å². The van der Waals surface area contributed by atoms with E-state index in [9.17, 15) is 18.3 Å². The van der Waals surface area contributed by atoms with Gasteiger partial charge in [-0.25, -0.2) is 13.8 Å². The molecular formula is C24H21N3O4S. The Morgan fingerprint density at radius 2 is 1.56 bits per heavy atom. The van der Waals surface area contributed by atoms with Gasteiger partial charge in [-0.15, -0.1) is 0 Å². The lowest BCUT2D eigenvalue weighted by molar-refractivity contribution is -0.119. The largest absolute Gasteiger partial charge is 0.507 e. The number of hydrogen-bond acceptors (Lipinski definition) is 5. The third kappa shape index (κ3) is 4.40. The molecule has 7 nitrogen and oxygen atoms in total. The molecule has 0 saturated carbocycles. The molecule has 0 aliphatic rings. The van der Waals surface area contributed by atoms with Crippen molar-refractivity contribution in [2.24, 2.45) is 5.10 Å². The summed E-state index contributed by atoms with van der Waals surface area (Å²) in [6.07, 6.45) is 2.40. The lowest BCUT2D eigenvalue weighted by Gasteiger charge is -2.23. The number of carbonyl (C=O) groups is 1. The minimum absolute atomic E-state index is 0.0233. The second-order valence-electron chi connectivity index (χ2n) is 7.28. The van der Waals surface area contributed by atoms with Crippen LogP contribution in [0.5, 0.6) is 5.75 Å². The van der Waals surface area contributed by atoms with Gasteiger partial charge in [-0.2, -0.15) is 5.10 Å². The van der Waals surface area contributed by atoms with Gasteiger partial charge in [-0.1, -0.05) is 66.7 Å². The lowest BCUT2D eigenvalue weighted by atomic mass is 10.0. The Morgan fingerprint density at radius 1 is 0.938 bits per heavy atom. The Kier molecular flexibility index (Phi) is 5.79. The van der Waals surface area contributed by atoms with Crippen LogP contribution in [0.1, 0.15) is 5.56 Å². The van der Waals surface area contributed by atoms with Crippen LogP contribution in [-0.4, -0.2) is 38.4 Å². The van der Waals surface area contributed by atoms with E-state index < -0.39 is 22.5 Å². The number of benzene rings is 4. The number of nitrogens with one attached hydrogen (secondary N) is 1. The number of amides is 1. The molecule has 0 unspecified atom stereocenters. The Bertz CT molecular complexity index is 1440. The van der Waals surface area contributed by atoms with Crippen LogP contribution in [0.15, 0.2) is 84.0 Å². The van der Waals surface area contributed by atoms with E-state index in [0.717, 1.165) is 32.1 Å². The first-order valence-electron chi connectivity index (χ1n) is 9.83. The summed E-state index contributed by atoms with van der Waals surface area (Å²) >= 11 is 0. The monoisotopic (exact) mass is 447 g/mol. The number of sulfonamides is 1. The van der Waals surface area contributed by atoms with Crippen molar-refractivity contribution in [2.75, 3.05) is 17.1 Å². The van der Waals surface area contributed by atoms with Crippen molar-refractivity contribution < 1.29 is 18.3 Å². The van der Waals surface area contributed by atoms with Gasteiger partial charge in [0.25, 0.3) is 5.91 Å². The summed E-state index contributed by atoms with van der Waals surface area (Å²) in [4.78, 5) is 12.6. The molecule has 0 bridgehead atoms. The van der Waals surface area contributed by atoms with Gasteiger partial charge in [-0.3, -0.25) is 9.10 Å². The topological polar surface area (TPSA) is 99.1 Å². The highest BCUT2D eigenvalue weighted by Gasteiger charge is 2.22. The number of phenols is 1. The SMILES string of the molecule is CS(=O)(=O)N(CC(=O)N/N=C\c1c(O)ccc2ccccc12)c1cccc2ccccc12. The highest BCUT2D eigenvalue weighted by molar-refractivity contribution is 7.92. The van der Waals surface area contributed by atoms with Crippen LogP contribution in [0.3, 0.4) is 0 Å². The zero-order valence-corrected chi connectivity index (χ0v) is 18.1. The summed E-state index contributed by atoms with van der Waals surface area (Å²) in [5.74, 6) is -0.588. The van der Waals surface area contributed by atoms with E-state index in [1.54, 1.807) is 24.3 Å². The molecule has 4 aromatic carbocycles. The number of hydrazone groups is 1. The van der Waals surface area contributed by atoms with Crippen molar-refractivity contribution in [2.45, 2.75) is 0 Å². The number of phenolic OH excluding ortho intramolecular Hbond substituents is 1. The fourth-order valence-corrected chi connectivity index (χ4v) is 4.43. The Morgan fingerprint density at radius 3 is 2.28 bits per heavy atom. The molecule has 32 heavy (non-hydrogen) atoms. The molecule has 0 spiro atoms. The normalized spacial score (nSPS) is 11.8. The number of fused-ring (bicyclic) bond motifs is 2. The van der Waals surface area contributed by atoms with E-state index in [2.05, 4.69) is 10.5 Å². The van der Waals surface area contributed by atoms with E-state index in [4.69, 9.17) is 0 Å². The van der Waals surface area contributed by atoms with Gasteiger partial charge >= 0.3 is 0 Å². The third-order valence-electron chi connectivity index (χ3n) is 5.05. The molecule has 0 atom stereocenters. The van der Waals surface area contributed by atoms with Crippen LogP contribution in [0.25, 0.3) is 21.5 Å². The second kappa shape index (κ2) is 8.68. The summed E-state index contributed by atoms with van der Waals surface area (Å²) in [6, 6.07) is 23.4. The zero-order chi connectivity index (χ0) is 22.7. The van der Waals surface area contributed by atoms with Crippen LogP contribution >= 0.6 is 0 Å². The van der Waals surface area contributed by atoms with Crippen LogP contribution in [0, 0.1) is 0 Å². The predicted octanol–water partition coefficient (Wildman–Crippen LogP) is 3.61.